The van der Waals surface area contributed by atoms with E-state index < -0.39 is 27.4 Å². The number of nitro groups is 1. The number of hydrogen-bond acceptors (Lipinski definition) is 5. The molecule has 0 atom stereocenters. The largest absolute Gasteiger partial charge is 0.325 e. The van der Waals surface area contributed by atoms with Crippen molar-refractivity contribution in [3.63, 3.8) is 0 Å². The van der Waals surface area contributed by atoms with Crippen molar-refractivity contribution in [2.24, 2.45) is 0 Å². The second kappa shape index (κ2) is 9.06. The van der Waals surface area contributed by atoms with E-state index in [1.165, 1.54) is 30.3 Å². The lowest BCUT2D eigenvalue weighted by Gasteiger charge is -2.24. The molecule has 10 heteroatoms. The molecule has 0 bridgehead atoms. The fraction of sp³-hybridized carbons (Fsp3) is 0.0500. The number of anilines is 2. The zero-order valence-electron chi connectivity index (χ0n) is 15.4. The predicted octanol–water partition coefficient (Wildman–Crippen LogP) is 4.19. The average Bonchev–Trinajstić information content (AvgIpc) is 2.74. The molecule has 0 aromatic heterocycles. The SMILES string of the molecule is O=C(CN(c1cccc([N+](=O)[O-])c1)S(=O)(=O)c1ccccc1)Nc1ccc(Br)cc1. The van der Waals surface area contributed by atoms with Gasteiger partial charge in [-0.25, -0.2) is 8.42 Å². The van der Waals surface area contributed by atoms with Crippen molar-refractivity contribution in [1.29, 1.82) is 0 Å². The Morgan fingerprint density at radius 1 is 1.00 bits per heavy atom. The molecule has 0 radical (unpaired) electrons. The zero-order chi connectivity index (χ0) is 21.7. The van der Waals surface area contributed by atoms with Gasteiger partial charge in [-0.3, -0.25) is 19.2 Å². The third-order valence-corrected chi connectivity index (χ3v) is 6.39. The van der Waals surface area contributed by atoms with Crippen LogP contribution < -0.4 is 9.62 Å². The summed E-state index contributed by atoms with van der Waals surface area (Å²) in [5, 5.41) is 13.8. The highest BCUT2D eigenvalue weighted by atomic mass is 79.9. The highest BCUT2D eigenvalue weighted by molar-refractivity contribution is 9.10. The Morgan fingerprint density at radius 3 is 2.30 bits per heavy atom. The maximum Gasteiger partial charge on any atom is 0.271 e. The molecule has 0 aliphatic heterocycles. The van der Waals surface area contributed by atoms with Crippen molar-refractivity contribution in [3.05, 3.63) is 93.4 Å². The van der Waals surface area contributed by atoms with E-state index >= 15 is 0 Å². The Kier molecular flexibility index (Phi) is 6.48. The topological polar surface area (TPSA) is 110 Å². The van der Waals surface area contributed by atoms with Gasteiger partial charge in [0.05, 0.1) is 15.5 Å². The lowest BCUT2D eigenvalue weighted by atomic mass is 10.3. The van der Waals surface area contributed by atoms with Gasteiger partial charge in [0.25, 0.3) is 15.7 Å². The number of nitrogens with zero attached hydrogens (tertiary/aromatic N) is 2. The minimum atomic E-state index is -4.15. The van der Waals surface area contributed by atoms with Gasteiger partial charge in [0.15, 0.2) is 0 Å². The first-order valence-corrected chi connectivity index (χ1v) is 10.9. The molecule has 0 fully saturated rings. The summed E-state index contributed by atoms with van der Waals surface area (Å²) >= 11 is 3.30. The fourth-order valence-electron chi connectivity index (χ4n) is 2.66. The highest BCUT2D eigenvalue weighted by Crippen LogP contribution is 2.27. The summed E-state index contributed by atoms with van der Waals surface area (Å²) in [6.45, 7) is -0.561. The van der Waals surface area contributed by atoms with E-state index in [1.807, 2.05) is 0 Å². The lowest BCUT2D eigenvalue weighted by Crippen LogP contribution is -2.38. The first kappa shape index (κ1) is 21.5. The highest BCUT2D eigenvalue weighted by Gasteiger charge is 2.28. The predicted molar refractivity (Wildman–Crippen MR) is 117 cm³/mol. The van der Waals surface area contributed by atoms with Gasteiger partial charge in [-0.2, -0.15) is 0 Å². The van der Waals surface area contributed by atoms with Crippen LogP contribution in [0.5, 0.6) is 0 Å². The summed E-state index contributed by atoms with van der Waals surface area (Å²) < 4.78 is 28.1. The second-order valence-corrected chi connectivity index (χ2v) is 8.93. The van der Waals surface area contributed by atoms with Gasteiger partial charge in [0, 0.05) is 22.3 Å². The van der Waals surface area contributed by atoms with E-state index in [1.54, 1.807) is 42.5 Å². The third-order valence-electron chi connectivity index (χ3n) is 4.07. The second-order valence-electron chi connectivity index (χ2n) is 6.16. The van der Waals surface area contributed by atoms with Gasteiger partial charge in [-0.15, -0.1) is 0 Å². The summed E-state index contributed by atoms with van der Waals surface area (Å²) in [5.41, 5.74) is 0.215. The number of amides is 1. The van der Waals surface area contributed by atoms with Crippen molar-refractivity contribution < 1.29 is 18.1 Å². The molecule has 0 saturated heterocycles. The molecular formula is C20H16BrN3O5S. The molecule has 0 aliphatic carbocycles. The Balaban J connectivity index is 1.97. The molecule has 154 valence electrons. The van der Waals surface area contributed by atoms with Crippen LogP contribution in [0.4, 0.5) is 17.1 Å². The van der Waals surface area contributed by atoms with Crippen molar-refractivity contribution in [1.82, 2.24) is 0 Å². The van der Waals surface area contributed by atoms with E-state index in [0.29, 0.717) is 5.69 Å². The fourth-order valence-corrected chi connectivity index (χ4v) is 4.36. The van der Waals surface area contributed by atoms with Crippen LogP contribution in [0, 0.1) is 10.1 Å². The van der Waals surface area contributed by atoms with Crippen LogP contribution in [0.2, 0.25) is 0 Å². The Labute approximate surface area is 181 Å². The standard InChI is InChI=1S/C20H16BrN3O5S/c21-15-9-11-16(12-10-15)22-20(25)14-23(17-5-4-6-18(13-17)24(26)27)30(28,29)19-7-2-1-3-8-19/h1-13H,14H2,(H,22,25). The zero-order valence-corrected chi connectivity index (χ0v) is 17.8. The van der Waals surface area contributed by atoms with E-state index in [-0.39, 0.29) is 16.3 Å². The molecule has 3 rings (SSSR count). The van der Waals surface area contributed by atoms with Crippen LogP contribution in [-0.2, 0) is 14.8 Å². The van der Waals surface area contributed by atoms with E-state index in [0.717, 1.165) is 14.8 Å². The molecule has 3 aromatic rings. The molecule has 8 nitrogen and oxygen atoms in total. The minimum absolute atomic E-state index is 0.0130. The number of nitrogens with one attached hydrogen (secondary N) is 1. The Morgan fingerprint density at radius 2 is 1.67 bits per heavy atom. The van der Waals surface area contributed by atoms with Crippen LogP contribution in [0.15, 0.2) is 88.2 Å². The number of nitro benzene ring substituents is 1. The van der Waals surface area contributed by atoms with E-state index in [2.05, 4.69) is 21.2 Å². The van der Waals surface area contributed by atoms with Crippen molar-refractivity contribution >= 4 is 48.9 Å². The van der Waals surface area contributed by atoms with Crippen LogP contribution >= 0.6 is 15.9 Å². The summed E-state index contributed by atoms with van der Waals surface area (Å²) in [6.07, 6.45) is 0. The number of hydrogen-bond donors (Lipinski definition) is 1. The normalized spacial score (nSPS) is 11.0. The summed E-state index contributed by atoms with van der Waals surface area (Å²) in [5.74, 6) is -0.594. The molecule has 0 heterocycles. The minimum Gasteiger partial charge on any atom is -0.325 e. The van der Waals surface area contributed by atoms with Gasteiger partial charge >= 0.3 is 0 Å². The smallest absolute Gasteiger partial charge is 0.271 e. The first-order valence-electron chi connectivity index (χ1n) is 8.65. The molecular weight excluding hydrogens is 474 g/mol. The van der Waals surface area contributed by atoms with Crippen molar-refractivity contribution in [2.75, 3.05) is 16.2 Å². The van der Waals surface area contributed by atoms with Crippen molar-refractivity contribution in [2.45, 2.75) is 4.90 Å². The van der Waals surface area contributed by atoms with Gasteiger partial charge in [-0.05, 0) is 42.5 Å². The first-order chi connectivity index (χ1) is 14.3. The number of non-ortho nitro benzene ring substituents is 1. The number of carbonyl (C=O) groups excluding carboxylic acids is 1. The molecule has 0 saturated carbocycles. The lowest BCUT2D eigenvalue weighted by molar-refractivity contribution is -0.384. The molecule has 0 spiro atoms. The van der Waals surface area contributed by atoms with Crippen LogP contribution in [0.1, 0.15) is 0 Å². The van der Waals surface area contributed by atoms with Gasteiger partial charge in [0.1, 0.15) is 6.54 Å². The summed E-state index contributed by atoms with van der Waals surface area (Å²) in [4.78, 5) is 23.1. The molecule has 30 heavy (non-hydrogen) atoms. The number of halogens is 1. The number of carbonyl (C=O) groups is 1. The number of rotatable bonds is 7. The average molecular weight is 490 g/mol. The monoisotopic (exact) mass is 489 g/mol. The summed E-state index contributed by atoms with van der Waals surface area (Å²) in [6, 6.07) is 19.5. The van der Waals surface area contributed by atoms with Crippen LogP contribution in [-0.4, -0.2) is 25.8 Å². The van der Waals surface area contributed by atoms with Gasteiger partial charge in [-0.1, -0.05) is 40.2 Å². The Bertz CT molecular complexity index is 1170. The van der Waals surface area contributed by atoms with E-state index in [4.69, 9.17) is 0 Å². The van der Waals surface area contributed by atoms with Crippen LogP contribution in [0.3, 0.4) is 0 Å². The van der Waals surface area contributed by atoms with Crippen molar-refractivity contribution in [3.8, 4) is 0 Å². The van der Waals surface area contributed by atoms with E-state index in [9.17, 15) is 23.3 Å². The van der Waals surface area contributed by atoms with Crippen LogP contribution in [0.25, 0.3) is 0 Å². The number of benzene rings is 3. The maximum absolute atomic E-state index is 13.2. The third kappa shape index (κ3) is 5.02. The van der Waals surface area contributed by atoms with Gasteiger partial charge < -0.3 is 5.32 Å². The molecule has 1 N–H and O–H groups in total. The Hall–Kier alpha value is -3.24. The number of sulfonamides is 1. The molecule has 0 unspecified atom stereocenters. The molecule has 3 aromatic carbocycles. The summed E-state index contributed by atoms with van der Waals surface area (Å²) in [7, 11) is -4.15. The molecule has 1 amide bonds. The maximum atomic E-state index is 13.2. The van der Waals surface area contributed by atoms with Gasteiger partial charge in [0.2, 0.25) is 5.91 Å². The quantitative estimate of drug-likeness (QED) is 0.395. The molecule has 0 aliphatic rings.